The Morgan fingerprint density at radius 1 is 1.08 bits per heavy atom. The van der Waals surface area contributed by atoms with Gasteiger partial charge in [-0.05, 0) is 19.4 Å². The number of hydrogen-bond donors (Lipinski definition) is 7. The quantitative estimate of drug-likeness (QED) is 0.273. The van der Waals surface area contributed by atoms with Crippen molar-refractivity contribution in [1.29, 1.82) is 0 Å². The third-order valence-corrected chi connectivity index (χ3v) is 4.10. The molecule has 10 heteroatoms. The van der Waals surface area contributed by atoms with Gasteiger partial charge in [-0.1, -0.05) is 0 Å². The largest absolute Gasteiger partial charge is 0.510 e. The maximum Gasteiger partial charge on any atom is 0.254 e. The summed E-state index contributed by atoms with van der Waals surface area (Å²) in [5.74, 6) is -5.36. The van der Waals surface area contributed by atoms with Crippen LogP contribution < -0.4 is 0 Å². The highest BCUT2D eigenvalue weighted by Crippen LogP contribution is 2.41. The predicted molar refractivity (Wildman–Crippen MR) is 81.3 cm³/mol. The van der Waals surface area contributed by atoms with E-state index in [0.717, 1.165) is 12.2 Å². The molecule has 0 spiro atoms. The highest BCUT2D eigenvalue weighted by Gasteiger charge is 2.55. The van der Waals surface area contributed by atoms with Crippen LogP contribution in [0.2, 0.25) is 0 Å². The lowest BCUT2D eigenvalue weighted by Gasteiger charge is -2.43. The van der Waals surface area contributed by atoms with Crippen molar-refractivity contribution in [2.75, 3.05) is 26.4 Å². The van der Waals surface area contributed by atoms with Crippen LogP contribution in [0.1, 0.15) is 13.3 Å². The fraction of sp³-hybridized carbons (Fsp3) is 0.733. The van der Waals surface area contributed by atoms with E-state index in [1.807, 2.05) is 0 Å². The van der Waals surface area contributed by atoms with Crippen LogP contribution in [0.15, 0.2) is 23.7 Å². The first-order valence-corrected chi connectivity index (χ1v) is 7.72. The monoisotopic (exact) mass is 364 g/mol. The lowest BCUT2D eigenvalue weighted by atomic mass is 10.0. The van der Waals surface area contributed by atoms with Gasteiger partial charge in [0.05, 0.1) is 12.7 Å². The maximum absolute atomic E-state index is 10.2. The van der Waals surface area contributed by atoms with E-state index in [2.05, 4.69) is 0 Å². The van der Waals surface area contributed by atoms with E-state index < -0.39 is 60.7 Å². The zero-order valence-electron chi connectivity index (χ0n) is 13.7. The van der Waals surface area contributed by atoms with Gasteiger partial charge in [-0.3, -0.25) is 0 Å². The molecule has 2 rings (SSSR count). The third kappa shape index (κ3) is 3.66. The zero-order chi connectivity index (χ0) is 18.9. The van der Waals surface area contributed by atoms with E-state index >= 15 is 0 Å². The van der Waals surface area contributed by atoms with Gasteiger partial charge in [0, 0.05) is 12.7 Å². The van der Waals surface area contributed by atoms with Crippen molar-refractivity contribution in [2.45, 2.75) is 42.7 Å². The third-order valence-electron chi connectivity index (χ3n) is 4.10. The molecular formula is C15H24O10. The van der Waals surface area contributed by atoms with E-state index in [4.69, 9.17) is 19.3 Å². The maximum atomic E-state index is 10.2. The van der Waals surface area contributed by atoms with Crippen LogP contribution in [0.5, 0.6) is 0 Å². The lowest BCUT2D eigenvalue weighted by Crippen LogP contribution is -2.57. The number of ether oxygens (including phenoxy) is 3. The highest BCUT2D eigenvalue weighted by molar-refractivity contribution is 5.21. The smallest absolute Gasteiger partial charge is 0.254 e. The van der Waals surface area contributed by atoms with E-state index in [1.165, 1.54) is 6.92 Å². The number of rotatable bonds is 7. The summed E-state index contributed by atoms with van der Waals surface area (Å²) in [6.45, 7) is -1.21. The molecule has 0 aromatic carbocycles. The van der Waals surface area contributed by atoms with Crippen molar-refractivity contribution < 1.29 is 50.0 Å². The van der Waals surface area contributed by atoms with Crippen molar-refractivity contribution in [3.63, 3.8) is 0 Å². The molecule has 0 fully saturated rings. The van der Waals surface area contributed by atoms with E-state index in [-0.39, 0.29) is 13.0 Å². The molecular weight excluding hydrogens is 340 g/mol. The topological polar surface area (TPSA) is 169 Å². The molecule has 0 radical (unpaired) electrons. The molecule has 7 N–H and O–H groups in total. The van der Waals surface area contributed by atoms with Crippen molar-refractivity contribution in [1.82, 2.24) is 0 Å². The summed E-state index contributed by atoms with van der Waals surface area (Å²) in [6, 6.07) is 0. The minimum Gasteiger partial charge on any atom is -0.510 e. The van der Waals surface area contributed by atoms with Gasteiger partial charge in [0.25, 0.3) is 5.79 Å². The first-order valence-electron chi connectivity index (χ1n) is 7.72. The fourth-order valence-electron chi connectivity index (χ4n) is 2.80. The summed E-state index contributed by atoms with van der Waals surface area (Å²) in [5.41, 5.74) is -1.35. The van der Waals surface area contributed by atoms with Gasteiger partial charge in [0.15, 0.2) is 5.76 Å². The molecule has 5 atom stereocenters. The molecule has 0 amide bonds. The Labute approximate surface area is 143 Å². The molecule has 0 aliphatic carbocycles. The summed E-state index contributed by atoms with van der Waals surface area (Å²) >= 11 is 0. The molecule has 0 bridgehead atoms. The molecule has 0 aromatic rings. The van der Waals surface area contributed by atoms with Crippen LogP contribution in [-0.4, -0.2) is 91.6 Å². The predicted octanol–water partition coefficient (Wildman–Crippen LogP) is -1.81. The van der Waals surface area contributed by atoms with Crippen LogP contribution in [0.3, 0.4) is 0 Å². The van der Waals surface area contributed by atoms with Gasteiger partial charge in [0.2, 0.25) is 5.79 Å². The SMILES string of the molecule is CC1(CO)C=C(O)[C@](CO)(OC2(CO)C=C(O)[C@H](O)C(CCO)O2)O1. The lowest BCUT2D eigenvalue weighted by molar-refractivity contribution is -0.375. The molecule has 2 heterocycles. The molecule has 2 aliphatic rings. The van der Waals surface area contributed by atoms with E-state index in [1.54, 1.807) is 0 Å². The van der Waals surface area contributed by atoms with Gasteiger partial charge >= 0.3 is 0 Å². The van der Waals surface area contributed by atoms with Gasteiger partial charge < -0.3 is 50.0 Å². The second-order valence-corrected chi connectivity index (χ2v) is 6.27. The van der Waals surface area contributed by atoms with Gasteiger partial charge in [-0.2, -0.15) is 0 Å². The van der Waals surface area contributed by atoms with Crippen molar-refractivity contribution in [3.05, 3.63) is 23.7 Å². The Hall–Kier alpha value is -1.24. The second-order valence-electron chi connectivity index (χ2n) is 6.27. The van der Waals surface area contributed by atoms with Gasteiger partial charge in [-0.15, -0.1) is 0 Å². The van der Waals surface area contributed by atoms with Crippen molar-refractivity contribution >= 4 is 0 Å². The van der Waals surface area contributed by atoms with E-state index in [9.17, 15) is 30.6 Å². The molecule has 25 heavy (non-hydrogen) atoms. The van der Waals surface area contributed by atoms with Gasteiger partial charge in [0.1, 0.15) is 30.7 Å². The van der Waals surface area contributed by atoms with Crippen LogP contribution in [0.25, 0.3) is 0 Å². The van der Waals surface area contributed by atoms with Crippen molar-refractivity contribution in [3.8, 4) is 0 Å². The summed E-state index contributed by atoms with van der Waals surface area (Å²) in [6.07, 6.45) is -0.617. The average molecular weight is 364 g/mol. The molecule has 3 unspecified atom stereocenters. The molecule has 144 valence electrons. The number of aliphatic hydroxyl groups is 7. The summed E-state index contributed by atoms with van der Waals surface area (Å²) in [4.78, 5) is 0. The highest BCUT2D eigenvalue weighted by atomic mass is 16.8. The minimum absolute atomic E-state index is 0.0761. The Balaban J connectivity index is 2.36. The standard InChI is InChI=1S/C15H24O10/c1-13(6-17)5-11(21)15(8-19,24-13)25-14(7-18)4-9(20)12(22)10(23-14)2-3-16/h4-5,10,12,16-22H,2-3,6-8H2,1H3/t10?,12-,13?,14?,15-/m0/s1. The normalized spacial score (nSPS) is 41.5. The van der Waals surface area contributed by atoms with E-state index in [0.29, 0.717) is 0 Å². The Morgan fingerprint density at radius 2 is 1.76 bits per heavy atom. The van der Waals surface area contributed by atoms with Crippen LogP contribution in [0, 0.1) is 0 Å². The first kappa shape index (κ1) is 20.1. The van der Waals surface area contributed by atoms with Crippen LogP contribution >= 0.6 is 0 Å². The van der Waals surface area contributed by atoms with Crippen LogP contribution in [-0.2, 0) is 14.2 Å². The molecule has 2 aliphatic heterocycles. The summed E-state index contributed by atoms with van der Waals surface area (Å²) in [5, 5.41) is 67.8. The molecule has 0 saturated heterocycles. The Bertz CT molecular complexity index is 548. The Morgan fingerprint density at radius 3 is 2.24 bits per heavy atom. The first-order chi connectivity index (χ1) is 11.7. The summed E-state index contributed by atoms with van der Waals surface area (Å²) < 4.78 is 16.5. The molecule has 10 nitrogen and oxygen atoms in total. The Kier molecular flexibility index (Phi) is 5.76. The number of aliphatic hydroxyl groups excluding tert-OH is 7. The van der Waals surface area contributed by atoms with Crippen LogP contribution in [0.4, 0.5) is 0 Å². The fourth-order valence-corrected chi connectivity index (χ4v) is 2.80. The second kappa shape index (κ2) is 7.17. The minimum atomic E-state index is -2.16. The molecule has 0 saturated carbocycles. The average Bonchev–Trinajstić information content (AvgIpc) is 2.84. The number of hydrogen-bond acceptors (Lipinski definition) is 10. The zero-order valence-corrected chi connectivity index (χ0v) is 13.7. The van der Waals surface area contributed by atoms with Gasteiger partial charge in [-0.25, -0.2) is 0 Å². The summed E-state index contributed by atoms with van der Waals surface area (Å²) in [7, 11) is 0. The van der Waals surface area contributed by atoms with Crippen molar-refractivity contribution in [2.24, 2.45) is 0 Å². The molecule has 0 aromatic heterocycles.